The fourth-order valence-electron chi connectivity index (χ4n) is 1.12. The molecule has 1 rings (SSSR count). The molecule has 1 N–H and O–H groups in total. The Balaban J connectivity index is 2.27. The summed E-state index contributed by atoms with van der Waals surface area (Å²) in [5.74, 6) is 0. The van der Waals surface area contributed by atoms with Crippen LogP contribution in [-0.4, -0.2) is 41.4 Å². The van der Waals surface area contributed by atoms with Crippen LogP contribution in [0.1, 0.15) is 13.8 Å². The molecule has 11 heavy (non-hydrogen) atoms. The highest BCUT2D eigenvalue weighted by Crippen LogP contribution is 2.19. The van der Waals surface area contributed by atoms with E-state index in [4.69, 9.17) is 4.74 Å². The highest BCUT2D eigenvalue weighted by molar-refractivity contribution is 5.69. The topological polar surface area (TPSA) is 49.8 Å². The van der Waals surface area contributed by atoms with Gasteiger partial charge in [-0.05, 0) is 13.8 Å². The van der Waals surface area contributed by atoms with Crippen LogP contribution < -0.4 is 0 Å². The van der Waals surface area contributed by atoms with Gasteiger partial charge in [-0.2, -0.15) is 0 Å². The molecule has 1 aliphatic rings. The highest BCUT2D eigenvalue weighted by Gasteiger charge is 2.40. The number of β-amino-alcohol motifs (C(OH)–C–C–N with tert-alkyl or cyclic N) is 1. The van der Waals surface area contributed by atoms with Crippen molar-refractivity contribution in [3.05, 3.63) is 0 Å². The predicted octanol–water partition coefficient (Wildman–Crippen LogP) is 0.210. The quantitative estimate of drug-likeness (QED) is 0.595. The Morgan fingerprint density at radius 3 is 2.64 bits per heavy atom. The van der Waals surface area contributed by atoms with Crippen molar-refractivity contribution >= 4 is 6.09 Å². The van der Waals surface area contributed by atoms with Crippen LogP contribution in [0.3, 0.4) is 0 Å². The van der Waals surface area contributed by atoms with Crippen LogP contribution in [0, 0.1) is 0 Å². The summed E-state index contributed by atoms with van der Waals surface area (Å²) in [6.07, 6.45) is -0.334. The van der Waals surface area contributed by atoms with E-state index in [1.54, 1.807) is 13.8 Å². The van der Waals surface area contributed by atoms with Gasteiger partial charge in [-0.15, -0.1) is 0 Å². The molecule has 1 saturated heterocycles. The van der Waals surface area contributed by atoms with Crippen LogP contribution in [0.5, 0.6) is 0 Å². The minimum Gasteiger partial charge on any atom is -0.450 e. The van der Waals surface area contributed by atoms with Crippen molar-refractivity contribution in [2.24, 2.45) is 0 Å². The fraction of sp³-hybridized carbons (Fsp3) is 0.857. The number of amides is 1. The molecular weight excluding hydrogens is 146 g/mol. The lowest BCUT2D eigenvalue weighted by Crippen LogP contribution is -2.61. The van der Waals surface area contributed by atoms with Gasteiger partial charge in [0, 0.05) is 0 Å². The van der Waals surface area contributed by atoms with Gasteiger partial charge >= 0.3 is 6.09 Å². The average Bonchev–Trinajstić information content (AvgIpc) is 1.83. The fourth-order valence-corrected chi connectivity index (χ4v) is 1.12. The van der Waals surface area contributed by atoms with E-state index >= 15 is 0 Å². The highest BCUT2D eigenvalue weighted by atomic mass is 16.6. The van der Waals surface area contributed by atoms with E-state index < -0.39 is 5.60 Å². The molecule has 0 saturated carbocycles. The summed E-state index contributed by atoms with van der Waals surface area (Å²) in [6.45, 7) is 4.60. The minimum absolute atomic E-state index is 0.334. The third-order valence-electron chi connectivity index (χ3n) is 1.59. The third kappa shape index (κ3) is 1.83. The minimum atomic E-state index is -0.702. The van der Waals surface area contributed by atoms with Gasteiger partial charge in [0.25, 0.3) is 0 Å². The summed E-state index contributed by atoms with van der Waals surface area (Å²) < 4.78 is 4.72. The van der Waals surface area contributed by atoms with Crippen LogP contribution in [0.25, 0.3) is 0 Å². The summed E-state index contributed by atoms with van der Waals surface area (Å²) in [4.78, 5) is 12.4. The van der Waals surface area contributed by atoms with Crippen molar-refractivity contribution in [3.8, 4) is 0 Å². The monoisotopic (exact) mass is 159 g/mol. The van der Waals surface area contributed by atoms with E-state index in [0.29, 0.717) is 19.7 Å². The first kappa shape index (κ1) is 8.33. The van der Waals surface area contributed by atoms with Crippen LogP contribution in [0.15, 0.2) is 0 Å². The second-order valence-electron chi connectivity index (χ2n) is 3.05. The Hall–Kier alpha value is -0.770. The molecule has 1 aliphatic heterocycles. The van der Waals surface area contributed by atoms with E-state index in [-0.39, 0.29) is 6.09 Å². The summed E-state index contributed by atoms with van der Waals surface area (Å²) >= 11 is 0. The maximum atomic E-state index is 10.9. The first-order valence-electron chi connectivity index (χ1n) is 3.69. The molecular formula is C7H13NO3. The number of hydrogen-bond acceptors (Lipinski definition) is 3. The number of hydrogen-bond donors (Lipinski definition) is 1. The Labute approximate surface area is 65.8 Å². The Morgan fingerprint density at radius 1 is 1.73 bits per heavy atom. The lowest BCUT2D eigenvalue weighted by atomic mass is 9.98. The SMILES string of the molecule is CCOC(=O)N1CC(C)(O)C1. The molecule has 0 atom stereocenters. The maximum Gasteiger partial charge on any atom is 0.409 e. The Morgan fingerprint density at radius 2 is 2.27 bits per heavy atom. The van der Waals surface area contributed by atoms with E-state index in [1.165, 1.54) is 4.90 Å². The van der Waals surface area contributed by atoms with Gasteiger partial charge in [-0.1, -0.05) is 0 Å². The molecule has 0 aromatic carbocycles. The normalized spacial score (nSPS) is 20.8. The van der Waals surface area contributed by atoms with Crippen LogP contribution in [0.4, 0.5) is 4.79 Å². The summed E-state index contributed by atoms with van der Waals surface area (Å²) in [5.41, 5.74) is -0.702. The van der Waals surface area contributed by atoms with Gasteiger partial charge in [0.05, 0.1) is 25.3 Å². The van der Waals surface area contributed by atoms with Gasteiger partial charge in [-0.3, -0.25) is 0 Å². The van der Waals surface area contributed by atoms with Crippen LogP contribution in [-0.2, 0) is 4.74 Å². The molecule has 1 amide bonds. The van der Waals surface area contributed by atoms with Crippen LogP contribution in [0.2, 0.25) is 0 Å². The Kier molecular flexibility index (Phi) is 2.04. The standard InChI is InChI=1S/C7H13NO3/c1-3-11-6(9)8-4-7(2,10)5-8/h10H,3-5H2,1-2H3. The molecule has 0 aromatic heterocycles. The second kappa shape index (κ2) is 2.70. The van der Waals surface area contributed by atoms with E-state index in [2.05, 4.69) is 0 Å². The van der Waals surface area contributed by atoms with Crippen LogP contribution >= 0.6 is 0 Å². The molecule has 0 aliphatic carbocycles. The zero-order valence-electron chi connectivity index (χ0n) is 6.83. The van der Waals surface area contributed by atoms with Crippen molar-refractivity contribution in [1.82, 2.24) is 4.90 Å². The lowest BCUT2D eigenvalue weighted by Gasteiger charge is -2.42. The maximum absolute atomic E-state index is 10.9. The molecule has 0 radical (unpaired) electrons. The molecule has 4 nitrogen and oxygen atoms in total. The number of nitrogens with zero attached hydrogens (tertiary/aromatic N) is 1. The smallest absolute Gasteiger partial charge is 0.409 e. The molecule has 4 heteroatoms. The molecule has 0 spiro atoms. The number of carbonyl (C=O) groups is 1. The lowest BCUT2D eigenvalue weighted by molar-refractivity contribution is -0.0745. The zero-order valence-corrected chi connectivity index (χ0v) is 6.83. The van der Waals surface area contributed by atoms with Gasteiger partial charge in [0.1, 0.15) is 0 Å². The van der Waals surface area contributed by atoms with Crippen molar-refractivity contribution in [2.75, 3.05) is 19.7 Å². The van der Waals surface area contributed by atoms with Gasteiger partial charge < -0.3 is 14.7 Å². The second-order valence-corrected chi connectivity index (χ2v) is 3.05. The van der Waals surface area contributed by atoms with Crippen molar-refractivity contribution < 1.29 is 14.6 Å². The van der Waals surface area contributed by atoms with Crippen molar-refractivity contribution in [3.63, 3.8) is 0 Å². The van der Waals surface area contributed by atoms with Crippen molar-refractivity contribution in [2.45, 2.75) is 19.4 Å². The van der Waals surface area contributed by atoms with E-state index in [1.807, 2.05) is 0 Å². The van der Waals surface area contributed by atoms with Gasteiger partial charge in [-0.25, -0.2) is 4.79 Å². The first-order valence-corrected chi connectivity index (χ1v) is 3.69. The van der Waals surface area contributed by atoms with Gasteiger partial charge in [0.15, 0.2) is 0 Å². The van der Waals surface area contributed by atoms with Crippen molar-refractivity contribution in [1.29, 1.82) is 0 Å². The van der Waals surface area contributed by atoms with E-state index in [9.17, 15) is 9.90 Å². The Bertz CT molecular complexity index is 159. The molecule has 1 fully saturated rings. The number of carbonyl (C=O) groups excluding carboxylic acids is 1. The molecule has 1 heterocycles. The zero-order chi connectivity index (χ0) is 8.48. The number of aliphatic hydroxyl groups is 1. The number of rotatable bonds is 1. The number of ether oxygens (including phenoxy) is 1. The van der Waals surface area contributed by atoms with Gasteiger partial charge in [0.2, 0.25) is 0 Å². The molecule has 0 aromatic rings. The summed E-state index contributed by atoms with van der Waals surface area (Å²) in [7, 11) is 0. The summed E-state index contributed by atoms with van der Waals surface area (Å²) in [5, 5.41) is 9.25. The number of likely N-dealkylation sites (tertiary alicyclic amines) is 1. The molecule has 0 unspecified atom stereocenters. The predicted molar refractivity (Wildman–Crippen MR) is 39.2 cm³/mol. The molecule has 0 bridgehead atoms. The third-order valence-corrected chi connectivity index (χ3v) is 1.59. The average molecular weight is 159 g/mol. The largest absolute Gasteiger partial charge is 0.450 e. The summed E-state index contributed by atoms with van der Waals surface area (Å²) in [6, 6.07) is 0. The van der Waals surface area contributed by atoms with E-state index in [0.717, 1.165) is 0 Å². The molecule has 64 valence electrons. The first-order chi connectivity index (χ1) is 5.05.